The van der Waals surface area contributed by atoms with E-state index in [-0.39, 0.29) is 35.7 Å². The van der Waals surface area contributed by atoms with Gasteiger partial charge in [0, 0.05) is 29.3 Å². The number of hydrogen-bond donors (Lipinski definition) is 3. The van der Waals surface area contributed by atoms with Crippen LogP contribution >= 0.6 is 12.4 Å². The Labute approximate surface area is 150 Å². The first-order valence-corrected chi connectivity index (χ1v) is 8.36. The van der Waals surface area contributed by atoms with Crippen molar-refractivity contribution in [3.63, 3.8) is 0 Å². The summed E-state index contributed by atoms with van der Waals surface area (Å²) in [5, 5.41) is 5.77. The summed E-state index contributed by atoms with van der Waals surface area (Å²) in [6.45, 7) is 6.57. The Kier molecular flexibility index (Phi) is 7.24. The molecule has 0 aromatic heterocycles. The normalized spacial score (nSPS) is 19.2. The fourth-order valence-electron chi connectivity index (χ4n) is 2.49. The molecule has 0 spiro atoms. The van der Waals surface area contributed by atoms with E-state index in [0.29, 0.717) is 18.0 Å². The molecule has 5 nitrogen and oxygen atoms in total. The van der Waals surface area contributed by atoms with Gasteiger partial charge in [0.1, 0.15) is 0 Å². The van der Waals surface area contributed by atoms with Crippen molar-refractivity contribution in [2.75, 3.05) is 11.9 Å². The number of amides is 2. The van der Waals surface area contributed by atoms with Crippen molar-refractivity contribution in [2.45, 2.75) is 45.6 Å². The summed E-state index contributed by atoms with van der Waals surface area (Å²) >= 11 is 0. The van der Waals surface area contributed by atoms with Gasteiger partial charge in [-0.2, -0.15) is 0 Å². The smallest absolute Gasteiger partial charge is 0.251 e. The highest BCUT2D eigenvalue weighted by Gasteiger charge is 2.39. The van der Waals surface area contributed by atoms with Crippen molar-refractivity contribution in [3.8, 4) is 0 Å². The molecule has 134 valence electrons. The number of benzene rings is 1. The number of nitrogens with two attached hydrogens (primary N) is 1. The Bertz CT molecular complexity index is 570. The number of carbonyl (C=O) groups excluding carboxylic acids is 2. The highest BCUT2D eigenvalue weighted by Crippen LogP contribution is 2.38. The molecule has 24 heavy (non-hydrogen) atoms. The molecule has 2 unspecified atom stereocenters. The van der Waals surface area contributed by atoms with Crippen LogP contribution < -0.4 is 16.4 Å². The van der Waals surface area contributed by atoms with Gasteiger partial charge in [-0.25, -0.2) is 0 Å². The van der Waals surface area contributed by atoms with E-state index in [4.69, 9.17) is 5.73 Å². The van der Waals surface area contributed by atoms with Gasteiger partial charge in [-0.3, -0.25) is 9.59 Å². The van der Waals surface area contributed by atoms with Crippen LogP contribution in [0.25, 0.3) is 0 Å². The number of nitrogens with one attached hydrogen (secondary N) is 2. The molecular weight excluding hydrogens is 326 g/mol. The van der Waals surface area contributed by atoms with Gasteiger partial charge < -0.3 is 16.4 Å². The van der Waals surface area contributed by atoms with Crippen molar-refractivity contribution in [3.05, 3.63) is 29.8 Å². The van der Waals surface area contributed by atoms with Crippen LogP contribution in [0.15, 0.2) is 24.3 Å². The molecule has 4 N–H and O–H groups in total. The summed E-state index contributed by atoms with van der Waals surface area (Å²) in [7, 11) is 0. The van der Waals surface area contributed by atoms with Crippen LogP contribution in [-0.4, -0.2) is 23.9 Å². The zero-order chi connectivity index (χ0) is 17.0. The van der Waals surface area contributed by atoms with Crippen LogP contribution in [0.4, 0.5) is 5.69 Å². The van der Waals surface area contributed by atoms with Crippen LogP contribution in [0.1, 0.15) is 50.4 Å². The van der Waals surface area contributed by atoms with Crippen LogP contribution in [0.3, 0.4) is 0 Å². The van der Waals surface area contributed by atoms with E-state index in [0.717, 1.165) is 24.9 Å². The molecule has 0 radical (unpaired) electrons. The van der Waals surface area contributed by atoms with Gasteiger partial charge in [0.15, 0.2) is 0 Å². The van der Waals surface area contributed by atoms with Gasteiger partial charge in [-0.05, 0) is 49.4 Å². The molecule has 2 amide bonds. The number of halogens is 1. The molecule has 1 aliphatic carbocycles. The zero-order valence-corrected chi connectivity index (χ0v) is 15.4. The molecule has 2 rings (SSSR count). The Morgan fingerprint density at radius 2 is 1.75 bits per heavy atom. The molecule has 1 saturated carbocycles. The Morgan fingerprint density at radius 3 is 2.21 bits per heavy atom. The van der Waals surface area contributed by atoms with Gasteiger partial charge in [-0.15, -0.1) is 12.4 Å². The molecule has 1 aromatic rings. The van der Waals surface area contributed by atoms with Gasteiger partial charge in [0.2, 0.25) is 5.91 Å². The zero-order valence-electron chi connectivity index (χ0n) is 14.6. The molecule has 1 aromatic carbocycles. The predicted molar refractivity (Wildman–Crippen MR) is 99.4 cm³/mol. The summed E-state index contributed by atoms with van der Waals surface area (Å²) in [6, 6.07) is 6.96. The van der Waals surface area contributed by atoms with Gasteiger partial charge in [-0.1, -0.05) is 20.8 Å². The van der Waals surface area contributed by atoms with Crippen LogP contribution in [0.2, 0.25) is 0 Å². The first-order chi connectivity index (χ1) is 10.9. The molecule has 0 saturated heterocycles. The maximum absolute atomic E-state index is 12.2. The largest absolute Gasteiger partial charge is 0.350 e. The van der Waals surface area contributed by atoms with E-state index < -0.39 is 0 Å². The van der Waals surface area contributed by atoms with Crippen molar-refractivity contribution in [2.24, 2.45) is 17.6 Å². The molecule has 0 aliphatic heterocycles. The topological polar surface area (TPSA) is 84.2 Å². The van der Waals surface area contributed by atoms with Gasteiger partial charge in [0.05, 0.1) is 0 Å². The van der Waals surface area contributed by atoms with E-state index in [9.17, 15) is 9.59 Å². The highest BCUT2D eigenvalue weighted by atomic mass is 35.5. The second kappa shape index (κ2) is 8.49. The summed E-state index contributed by atoms with van der Waals surface area (Å²) in [6.07, 6.45) is 2.59. The summed E-state index contributed by atoms with van der Waals surface area (Å²) < 4.78 is 0. The quantitative estimate of drug-likeness (QED) is 0.704. The monoisotopic (exact) mass is 353 g/mol. The second-order valence-corrected chi connectivity index (χ2v) is 6.64. The van der Waals surface area contributed by atoms with Crippen molar-refractivity contribution >= 4 is 29.9 Å². The highest BCUT2D eigenvalue weighted by molar-refractivity contribution is 5.97. The number of carbonyl (C=O) groups is 2. The third kappa shape index (κ3) is 5.21. The summed E-state index contributed by atoms with van der Waals surface area (Å²) in [4.78, 5) is 24.0. The molecule has 1 aliphatic rings. The Hall–Kier alpha value is -1.59. The maximum Gasteiger partial charge on any atom is 0.251 e. The van der Waals surface area contributed by atoms with Gasteiger partial charge >= 0.3 is 0 Å². The first-order valence-electron chi connectivity index (χ1n) is 8.36. The lowest BCUT2D eigenvalue weighted by Gasteiger charge is -2.26. The lowest BCUT2D eigenvalue weighted by atomic mass is 9.94. The molecule has 1 fully saturated rings. The number of anilines is 1. The molecule has 2 atom stereocenters. The predicted octanol–water partition coefficient (Wildman–Crippen LogP) is 2.95. The Morgan fingerprint density at radius 1 is 1.21 bits per heavy atom. The minimum absolute atomic E-state index is 0. The van der Waals surface area contributed by atoms with Crippen LogP contribution in [-0.2, 0) is 4.79 Å². The van der Waals surface area contributed by atoms with E-state index in [2.05, 4.69) is 17.6 Å². The van der Waals surface area contributed by atoms with E-state index in [1.165, 1.54) is 0 Å². The minimum Gasteiger partial charge on any atom is -0.350 e. The maximum atomic E-state index is 12.2. The van der Waals surface area contributed by atoms with Gasteiger partial charge in [0.25, 0.3) is 5.91 Å². The summed E-state index contributed by atoms with van der Waals surface area (Å²) in [5.74, 6) is 0.538. The van der Waals surface area contributed by atoms with Crippen LogP contribution in [0, 0.1) is 11.8 Å². The fraction of sp³-hybridized carbons (Fsp3) is 0.556. The van der Waals surface area contributed by atoms with Crippen molar-refractivity contribution < 1.29 is 9.59 Å². The van der Waals surface area contributed by atoms with E-state index in [1.807, 2.05) is 13.8 Å². The Balaban J connectivity index is 0.00000288. The molecule has 0 bridgehead atoms. The van der Waals surface area contributed by atoms with Crippen LogP contribution in [0.5, 0.6) is 0 Å². The fourth-order valence-corrected chi connectivity index (χ4v) is 2.49. The van der Waals surface area contributed by atoms with E-state index in [1.54, 1.807) is 24.3 Å². The lowest BCUT2D eigenvalue weighted by Crippen LogP contribution is -2.49. The number of rotatable bonds is 7. The first kappa shape index (κ1) is 20.5. The standard InChI is InChI=1S/C18H27N3O2.ClH/c1-4-18(19,5-2)11-20-16(22)13-6-8-14(9-7-13)21-17(23)15-10-12(15)3;/h6-9,12,15H,4-5,10-11,19H2,1-3H3,(H,20,22)(H,21,23);1H. The number of hydrogen-bond acceptors (Lipinski definition) is 3. The van der Waals surface area contributed by atoms with Crippen molar-refractivity contribution in [1.29, 1.82) is 0 Å². The average molecular weight is 354 g/mol. The lowest BCUT2D eigenvalue weighted by molar-refractivity contribution is -0.117. The van der Waals surface area contributed by atoms with Crippen molar-refractivity contribution in [1.82, 2.24) is 5.32 Å². The van der Waals surface area contributed by atoms with E-state index >= 15 is 0 Å². The molecule has 6 heteroatoms. The SMILES string of the molecule is CCC(N)(CC)CNC(=O)c1ccc(NC(=O)C2CC2C)cc1.Cl. The summed E-state index contributed by atoms with van der Waals surface area (Å²) in [5.41, 5.74) is 7.12. The average Bonchev–Trinajstić information content (AvgIpc) is 3.30. The molecule has 0 heterocycles. The molecular formula is C18H28ClN3O2. The second-order valence-electron chi connectivity index (χ2n) is 6.64. The third-order valence-electron chi connectivity index (χ3n) is 4.87. The third-order valence-corrected chi connectivity index (χ3v) is 4.87. The minimum atomic E-state index is -0.357.